The summed E-state index contributed by atoms with van der Waals surface area (Å²) in [5, 5.41) is 2.09. The number of hydrogen-bond donors (Lipinski definition) is 0. The van der Waals surface area contributed by atoms with Crippen molar-refractivity contribution in [2.24, 2.45) is 0 Å². The largest absolute Gasteiger partial charge is 0.298 e. The highest BCUT2D eigenvalue weighted by molar-refractivity contribution is 5.88. The van der Waals surface area contributed by atoms with Crippen LogP contribution in [0.15, 0.2) is 42.5 Å². The topological polar surface area (TPSA) is 17.1 Å². The van der Waals surface area contributed by atoms with Gasteiger partial charge in [-0.3, -0.25) is 4.79 Å². The van der Waals surface area contributed by atoms with E-state index in [4.69, 9.17) is 1.37 Å². The first-order chi connectivity index (χ1) is 6.27. The van der Waals surface area contributed by atoms with E-state index in [1.807, 2.05) is 30.3 Å². The molecule has 12 heavy (non-hydrogen) atoms. The van der Waals surface area contributed by atoms with E-state index in [2.05, 4.69) is 0 Å². The molecule has 0 amide bonds. The molecule has 0 atom stereocenters. The fourth-order valence-electron chi connectivity index (χ4n) is 1.25. The van der Waals surface area contributed by atoms with Crippen LogP contribution in [-0.4, -0.2) is 6.26 Å². The van der Waals surface area contributed by atoms with E-state index >= 15 is 0 Å². The van der Waals surface area contributed by atoms with Crippen molar-refractivity contribution < 1.29 is 6.17 Å². The van der Waals surface area contributed by atoms with Crippen molar-refractivity contribution in [3.63, 3.8) is 0 Å². The molecule has 2 rings (SSSR count). The molecule has 0 saturated heterocycles. The standard InChI is InChI=1S/C11H8O/c12-8-9-5-6-10-3-1-2-4-11(10)7-9/h1-8H/i8D. The normalized spacial score (nSPS) is 11.2. The zero-order valence-electron chi connectivity index (χ0n) is 7.45. The zero-order chi connectivity index (χ0) is 9.26. The van der Waals surface area contributed by atoms with Crippen LogP contribution in [0.1, 0.15) is 11.7 Å². The minimum atomic E-state index is -0.634. The van der Waals surface area contributed by atoms with Crippen molar-refractivity contribution in [1.82, 2.24) is 0 Å². The molecule has 0 unspecified atom stereocenters. The Labute approximate surface area is 72.0 Å². The molecule has 0 spiro atoms. The van der Waals surface area contributed by atoms with Crippen molar-refractivity contribution in [3.05, 3.63) is 48.0 Å². The third-order valence-corrected chi connectivity index (χ3v) is 1.87. The molecular formula is C11H8O. The van der Waals surface area contributed by atoms with E-state index in [0.29, 0.717) is 5.56 Å². The second-order valence-corrected chi connectivity index (χ2v) is 2.66. The van der Waals surface area contributed by atoms with Gasteiger partial charge in [-0.05, 0) is 16.8 Å². The SMILES string of the molecule is [2H]C(=O)c1ccc2ccccc2c1. The van der Waals surface area contributed by atoms with Crippen molar-refractivity contribution in [1.29, 1.82) is 0 Å². The monoisotopic (exact) mass is 157 g/mol. The average Bonchev–Trinajstić information content (AvgIpc) is 2.17. The van der Waals surface area contributed by atoms with Gasteiger partial charge < -0.3 is 0 Å². The Balaban J connectivity index is 2.69. The summed E-state index contributed by atoms with van der Waals surface area (Å²) in [6.45, 7) is 0. The van der Waals surface area contributed by atoms with Crippen LogP contribution in [0.3, 0.4) is 0 Å². The van der Waals surface area contributed by atoms with Crippen molar-refractivity contribution in [2.45, 2.75) is 0 Å². The van der Waals surface area contributed by atoms with E-state index in [9.17, 15) is 4.79 Å². The molecule has 0 bridgehead atoms. The molecule has 1 heteroatoms. The molecule has 0 aliphatic carbocycles. The molecule has 2 aromatic rings. The van der Waals surface area contributed by atoms with Crippen LogP contribution in [0.2, 0.25) is 0 Å². The van der Waals surface area contributed by atoms with Crippen LogP contribution in [0.25, 0.3) is 10.8 Å². The first kappa shape index (κ1) is 5.95. The second kappa shape index (κ2) is 2.78. The van der Waals surface area contributed by atoms with Crippen molar-refractivity contribution in [2.75, 3.05) is 0 Å². The predicted molar refractivity (Wildman–Crippen MR) is 49.3 cm³/mol. The van der Waals surface area contributed by atoms with Gasteiger partial charge >= 0.3 is 0 Å². The number of aldehydes is 1. The van der Waals surface area contributed by atoms with Crippen molar-refractivity contribution >= 4 is 17.0 Å². The minimum absolute atomic E-state index is 0.443. The number of rotatable bonds is 1. The van der Waals surface area contributed by atoms with Gasteiger partial charge in [0.2, 0.25) is 0 Å². The fraction of sp³-hybridized carbons (Fsp3) is 0. The third kappa shape index (κ3) is 1.10. The quantitative estimate of drug-likeness (QED) is 0.581. The van der Waals surface area contributed by atoms with Gasteiger partial charge in [0.05, 0.1) is 0 Å². The van der Waals surface area contributed by atoms with Gasteiger partial charge in [-0.25, -0.2) is 0 Å². The molecular weight excluding hydrogens is 148 g/mol. The first-order valence-corrected chi connectivity index (χ1v) is 3.77. The highest BCUT2D eigenvalue weighted by Crippen LogP contribution is 2.14. The van der Waals surface area contributed by atoms with Crippen LogP contribution >= 0.6 is 0 Å². The summed E-state index contributed by atoms with van der Waals surface area (Å²) in [5.41, 5.74) is 0.443. The van der Waals surface area contributed by atoms with Gasteiger partial charge in [0, 0.05) is 5.56 Å². The van der Waals surface area contributed by atoms with Crippen LogP contribution in [-0.2, 0) is 0 Å². The molecule has 0 heterocycles. The summed E-state index contributed by atoms with van der Waals surface area (Å²) < 4.78 is 6.96. The first-order valence-electron chi connectivity index (χ1n) is 4.27. The van der Waals surface area contributed by atoms with Gasteiger partial charge in [-0.15, -0.1) is 0 Å². The summed E-state index contributed by atoms with van der Waals surface area (Å²) in [6, 6.07) is 13.1. The van der Waals surface area contributed by atoms with Gasteiger partial charge in [0.15, 0.2) is 0 Å². The van der Waals surface area contributed by atoms with Gasteiger partial charge in [0.1, 0.15) is 7.63 Å². The number of hydrogen-bond acceptors (Lipinski definition) is 1. The lowest BCUT2D eigenvalue weighted by Gasteiger charge is -1.96. The zero-order valence-corrected chi connectivity index (χ0v) is 6.45. The molecule has 0 N–H and O–H groups in total. The smallest absolute Gasteiger partial charge is 0.150 e. The van der Waals surface area contributed by atoms with E-state index < -0.39 is 6.26 Å². The lowest BCUT2D eigenvalue weighted by Crippen LogP contribution is -1.78. The Bertz CT molecular complexity index is 462. The highest BCUT2D eigenvalue weighted by atomic mass is 16.1. The Morgan fingerprint density at radius 3 is 2.58 bits per heavy atom. The summed E-state index contributed by atoms with van der Waals surface area (Å²) >= 11 is 0. The highest BCUT2D eigenvalue weighted by Gasteiger charge is 1.92. The van der Waals surface area contributed by atoms with Gasteiger partial charge in [-0.2, -0.15) is 0 Å². The molecule has 0 aromatic heterocycles. The summed E-state index contributed by atoms with van der Waals surface area (Å²) in [7, 11) is 0. The third-order valence-electron chi connectivity index (χ3n) is 1.87. The summed E-state index contributed by atoms with van der Waals surface area (Å²) in [6.07, 6.45) is -0.634. The maximum atomic E-state index is 10.8. The maximum Gasteiger partial charge on any atom is 0.150 e. The Morgan fingerprint density at radius 1 is 1.08 bits per heavy atom. The van der Waals surface area contributed by atoms with E-state index in [-0.39, 0.29) is 0 Å². The van der Waals surface area contributed by atoms with Crippen LogP contribution in [0.4, 0.5) is 0 Å². The lowest BCUT2D eigenvalue weighted by molar-refractivity contribution is 0.112. The Morgan fingerprint density at radius 2 is 1.83 bits per heavy atom. The van der Waals surface area contributed by atoms with Crippen LogP contribution in [0, 0.1) is 0 Å². The Hall–Kier alpha value is -1.63. The maximum absolute atomic E-state index is 10.8. The molecule has 1 nitrogen and oxygen atoms in total. The number of benzene rings is 2. The van der Waals surface area contributed by atoms with Crippen LogP contribution in [0.5, 0.6) is 0 Å². The molecule has 0 aliphatic heterocycles. The summed E-state index contributed by atoms with van der Waals surface area (Å²) in [5.74, 6) is 0. The van der Waals surface area contributed by atoms with Gasteiger partial charge in [0.25, 0.3) is 0 Å². The Kier molecular flexibility index (Phi) is 1.38. The molecule has 0 saturated carbocycles. The van der Waals surface area contributed by atoms with E-state index in [0.717, 1.165) is 10.8 Å². The van der Waals surface area contributed by atoms with Crippen molar-refractivity contribution in [3.8, 4) is 0 Å². The second-order valence-electron chi connectivity index (χ2n) is 2.66. The molecule has 0 radical (unpaired) electrons. The molecule has 0 aliphatic rings. The number of carbonyl (C=O) groups is 1. The lowest BCUT2D eigenvalue weighted by atomic mass is 10.1. The minimum Gasteiger partial charge on any atom is -0.298 e. The van der Waals surface area contributed by atoms with Crippen LogP contribution < -0.4 is 0 Å². The van der Waals surface area contributed by atoms with Gasteiger partial charge in [-0.1, -0.05) is 36.4 Å². The molecule has 58 valence electrons. The molecule has 2 aromatic carbocycles. The number of carbonyl (C=O) groups excluding carboxylic acids is 1. The average molecular weight is 157 g/mol. The summed E-state index contributed by atoms with van der Waals surface area (Å²) in [4.78, 5) is 10.8. The van der Waals surface area contributed by atoms with E-state index in [1.54, 1.807) is 12.1 Å². The predicted octanol–water partition coefficient (Wildman–Crippen LogP) is 2.65. The molecule has 0 fully saturated rings. The number of fused-ring (bicyclic) bond motifs is 1. The fourth-order valence-corrected chi connectivity index (χ4v) is 1.25. The van der Waals surface area contributed by atoms with E-state index in [1.165, 1.54) is 0 Å².